The number of hydrogen-bond acceptors (Lipinski definition) is 1. The van der Waals surface area contributed by atoms with Gasteiger partial charge in [-0.2, -0.15) is 0 Å². The van der Waals surface area contributed by atoms with Crippen LogP contribution in [0, 0.1) is 0 Å². The second kappa shape index (κ2) is 7.05. The van der Waals surface area contributed by atoms with E-state index in [1.165, 1.54) is 70.9 Å². The Bertz CT molecular complexity index is 2110. The summed E-state index contributed by atoms with van der Waals surface area (Å²) in [5, 5.41) is 8.92. The van der Waals surface area contributed by atoms with Crippen LogP contribution in [0.4, 0.5) is 0 Å². The van der Waals surface area contributed by atoms with E-state index < -0.39 is 0 Å². The average molecular weight is 461 g/mol. The first kappa shape index (κ1) is 19.8. The van der Waals surface area contributed by atoms with Crippen LogP contribution in [0.2, 0.25) is 0 Å². The minimum atomic E-state index is 0.360. The zero-order valence-corrected chi connectivity index (χ0v) is 20.3. The van der Waals surface area contributed by atoms with Gasteiger partial charge in [0.1, 0.15) is 0 Å². The summed E-state index contributed by atoms with van der Waals surface area (Å²) in [6.45, 7) is 4.63. The van der Waals surface area contributed by atoms with Crippen LogP contribution >= 0.6 is 0 Å². The molecule has 3 heterocycles. The van der Waals surface area contributed by atoms with Gasteiger partial charge in [-0.05, 0) is 57.0 Å². The Hall–Kier alpha value is -4.43. The lowest BCUT2D eigenvalue weighted by atomic mass is 9.91. The fourth-order valence-electron chi connectivity index (χ4n) is 6.48. The number of aromatic nitrogens is 2. The maximum atomic E-state index is 5.01. The molecule has 0 spiro atoms. The highest BCUT2D eigenvalue weighted by Gasteiger charge is 2.23. The monoisotopic (exact) mass is 460 g/mol. The van der Waals surface area contributed by atoms with Crippen molar-refractivity contribution in [3.05, 3.63) is 109 Å². The summed E-state index contributed by atoms with van der Waals surface area (Å²) in [5.74, 6) is 0.360. The zero-order chi connectivity index (χ0) is 24.0. The molecule has 2 heteroatoms. The van der Waals surface area contributed by atoms with Crippen molar-refractivity contribution < 1.29 is 0 Å². The predicted molar refractivity (Wildman–Crippen MR) is 153 cm³/mol. The lowest BCUT2D eigenvalue weighted by molar-refractivity contribution is 0.881. The molecule has 36 heavy (non-hydrogen) atoms. The van der Waals surface area contributed by atoms with Crippen molar-refractivity contribution in [1.82, 2.24) is 9.38 Å². The SMILES string of the molecule is CC(C)c1c2ccccc2cc2c3nccc4ccc5c6c(-c7ccccc7)cccc6n(c12)c5c43. The van der Waals surface area contributed by atoms with E-state index >= 15 is 0 Å². The number of rotatable bonds is 2. The van der Waals surface area contributed by atoms with Crippen LogP contribution in [-0.4, -0.2) is 9.38 Å². The molecule has 5 aromatic carbocycles. The van der Waals surface area contributed by atoms with Crippen molar-refractivity contribution in [2.75, 3.05) is 0 Å². The van der Waals surface area contributed by atoms with E-state index in [1.807, 2.05) is 6.20 Å². The Morgan fingerprint density at radius 3 is 2.33 bits per heavy atom. The summed E-state index contributed by atoms with van der Waals surface area (Å²) in [6.07, 6.45) is 1.96. The average Bonchev–Trinajstić information content (AvgIpc) is 3.27. The summed E-state index contributed by atoms with van der Waals surface area (Å²) in [4.78, 5) is 5.01. The minimum Gasteiger partial charge on any atom is -0.308 e. The molecule has 0 aliphatic rings. The minimum absolute atomic E-state index is 0.360. The van der Waals surface area contributed by atoms with E-state index in [0.717, 1.165) is 5.52 Å². The first-order valence-corrected chi connectivity index (χ1v) is 12.7. The smallest absolute Gasteiger partial charge is 0.0823 e. The van der Waals surface area contributed by atoms with Gasteiger partial charge in [-0.1, -0.05) is 92.7 Å². The normalized spacial score (nSPS) is 12.4. The van der Waals surface area contributed by atoms with Crippen LogP contribution < -0.4 is 0 Å². The molecule has 0 saturated carbocycles. The van der Waals surface area contributed by atoms with Crippen molar-refractivity contribution >= 4 is 59.8 Å². The van der Waals surface area contributed by atoms with Crippen molar-refractivity contribution in [3.8, 4) is 11.1 Å². The first-order chi connectivity index (χ1) is 17.7. The molecule has 0 radical (unpaired) electrons. The van der Waals surface area contributed by atoms with E-state index in [0.29, 0.717) is 5.92 Å². The van der Waals surface area contributed by atoms with E-state index in [-0.39, 0.29) is 0 Å². The quantitative estimate of drug-likeness (QED) is 0.185. The van der Waals surface area contributed by atoms with Gasteiger partial charge in [0.25, 0.3) is 0 Å². The Kier molecular flexibility index (Phi) is 3.88. The number of hydrogen-bond donors (Lipinski definition) is 0. The topological polar surface area (TPSA) is 17.3 Å². The third-order valence-electron chi connectivity index (χ3n) is 7.88. The van der Waals surface area contributed by atoms with E-state index in [1.54, 1.807) is 0 Å². The summed E-state index contributed by atoms with van der Waals surface area (Å²) in [5.41, 5.74) is 8.82. The van der Waals surface area contributed by atoms with E-state index in [4.69, 9.17) is 4.98 Å². The van der Waals surface area contributed by atoms with Gasteiger partial charge in [-0.25, -0.2) is 0 Å². The highest BCUT2D eigenvalue weighted by Crippen LogP contribution is 2.46. The first-order valence-electron chi connectivity index (χ1n) is 12.7. The molecule has 0 unspecified atom stereocenters. The largest absolute Gasteiger partial charge is 0.308 e. The van der Waals surface area contributed by atoms with Crippen LogP contribution in [0.15, 0.2) is 103 Å². The molecule has 0 aliphatic heterocycles. The zero-order valence-electron chi connectivity index (χ0n) is 20.3. The van der Waals surface area contributed by atoms with Crippen molar-refractivity contribution in [2.24, 2.45) is 0 Å². The van der Waals surface area contributed by atoms with Crippen molar-refractivity contribution in [1.29, 1.82) is 0 Å². The highest BCUT2D eigenvalue weighted by atomic mass is 14.9. The molecule has 0 aliphatic carbocycles. The van der Waals surface area contributed by atoms with Gasteiger partial charge in [0.15, 0.2) is 0 Å². The number of nitrogens with zero attached hydrogens (tertiary/aromatic N) is 2. The fraction of sp³-hybridized carbons (Fsp3) is 0.0882. The Morgan fingerprint density at radius 2 is 1.47 bits per heavy atom. The maximum Gasteiger partial charge on any atom is 0.0823 e. The molecule has 170 valence electrons. The molecule has 0 atom stereocenters. The standard InChI is InChI=1S/C34H24N2/c1-20(2)29-25-12-7-6-11-23(25)19-27-32-30-22(17-18-35-32)15-16-26-31-24(21-9-4-3-5-10-21)13-8-14-28(31)36(33(26)30)34(27)29/h3-20H,1-2H3. The molecule has 0 N–H and O–H groups in total. The van der Waals surface area contributed by atoms with Gasteiger partial charge in [0, 0.05) is 27.7 Å². The molecular weight excluding hydrogens is 436 g/mol. The van der Waals surface area contributed by atoms with Crippen molar-refractivity contribution in [2.45, 2.75) is 19.8 Å². The Labute approximate surface area is 208 Å². The summed E-state index contributed by atoms with van der Waals surface area (Å²) in [6, 6.07) is 35.4. The third-order valence-corrected chi connectivity index (χ3v) is 7.88. The van der Waals surface area contributed by atoms with Crippen LogP contribution in [0.25, 0.3) is 70.9 Å². The number of benzene rings is 5. The van der Waals surface area contributed by atoms with Crippen LogP contribution in [0.1, 0.15) is 25.3 Å². The second-order valence-corrected chi connectivity index (χ2v) is 10.2. The fourth-order valence-corrected chi connectivity index (χ4v) is 6.48. The second-order valence-electron chi connectivity index (χ2n) is 10.2. The van der Waals surface area contributed by atoms with Gasteiger partial charge < -0.3 is 4.40 Å². The van der Waals surface area contributed by atoms with Crippen LogP contribution in [0.3, 0.4) is 0 Å². The molecule has 0 saturated heterocycles. The molecule has 0 fully saturated rings. The molecular formula is C34H24N2. The van der Waals surface area contributed by atoms with Crippen LogP contribution in [0.5, 0.6) is 0 Å². The van der Waals surface area contributed by atoms with Gasteiger partial charge in [-0.15, -0.1) is 0 Å². The lowest BCUT2D eigenvalue weighted by Crippen LogP contribution is -2.00. The molecule has 2 nitrogen and oxygen atoms in total. The third kappa shape index (κ3) is 2.43. The molecule has 3 aromatic heterocycles. The van der Waals surface area contributed by atoms with Gasteiger partial charge >= 0.3 is 0 Å². The molecule has 8 aromatic rings. The van der Waals surface area contributed by atoms with Gasteiger partial charge in [0.05, 0.1) is 22.1 Å². The molecule has 0 bridgehead atoms. The highest BCUT2D eigenvalue weighted by molar-refractivity contribution is 6.30. The van der Waals surface area contributed by atoms with E-state index in [2.05, 4.69) is 115 Å². The van der Waals surface area contributed by atoms with Crippen LogP contribution in [-0.2, 0) is 0 Å². The Balaban J connectivity index is 1.76. The van der Waals surface area contributed by atoms with E-state index in [9.17, 15) is 0 Å². The summed E-state index contributed by atoms with van der Waals surface area (Å²) in [7, 11) is 0. The predicted octanol–water partition coefficient (Wildman–Crippen LogP) is 9.33. The maximum absolute atomic E-state index is 5.01. The van der Waals surface area contributed by atoms with Gasteiger partial charge in [0.2, 0.25) is 0 Å². The lowest BCUT2D eigenvalue weighted by Gasteiger charge is -2.19. The number of fused-ring (bicyclic) bond motifs is 7. The molecule has 8 rings (SSSR count). The Morgan fingerprint density at radius 1 is 0.639 bits per heavy atom. The van der Waals surface area contributed by atoms with Crippen molar-refractivity contribution in [3.63, 3.8) is 0 Å². The molecule has 0 amide bonds. The summed E-state index contributed by atoms with van der Waals surface area (Å²) >= 11 is 0. The van der Waals surface area contributed by atoms with Gasteiger partial charge in [-0.3, -0.25) is 4.98 Å². The summed E-state index contributed by atoms with van der Waals surface area (Å²) < 4.78 is 2.55. The number of pyridine rings is 2.